The second-order valence-electron chi connectivity index (χ2n) is 11.0. The molecule has 9 nitrogen and oxygen atoms in total. The predicted molar refractivity (Wildman–Crippen MR) is 149 cm³/mol. The van der Waals surface area contributed by atoms with Gasteiger partial charge in [-0.1, -0.05) is 11.6 Å². The maximum absolute atomic E-state index is 14.9. The molecule has 208 valence electrons. The summed E-state index contributed by atoms with van der Waals surface area (Å²) in [7, 11) is 5.76. The summed E-state index contributed by atoms with van der Waals surface area (Å²) in [6, 6.07) is 4.70. The lowest BCUT2D eigenvalue weighted by molar-refractivity contribution is -0.0579. The third kappa shape index (κ3) is 4.86. The Morgan fingerprint density at radius 1 is 1.26 bits per heavy atom. The molecule has 2 atom stereocenters. The molecule has 2 N–H and O–H groups in total. The summed E-state index contributed by atoms with van der Waals surface area (Å²) in [5.74, 6) is -2.31. The van der Waals surface area contributed by atoms with Crippen molar-refractivity contribution in [3.05, 3.63) is 39.8 Å². The van der Waals surface area contributed by atoms with E-state index in [1.165, 1.54) is 4.57 Å². The Balaban J connectivity index is 1.36. The SMILES string of the molecule is CN(C)[C@@H]1CCCN(c2ncc(Cl)c(Nc3ccc4c(c3)c3c(c(=O)n4C)OCC(F)(F)[C@H](C4CC4)N3)n2)C1. The van der Waals surface area contributed by atoms with Crippen molar-refractivity contribution in [2.75, 3.05) is 49.3 Å². The molecule has 0 radical (unpaired) electrons. The molecule has 0 bridgehead atoms. The lowest BCUT2D eigenvalue weighted by atomic mass is 10.0. The number of fused-ring (bicyclic) bond motifs is 3. The lowest BCUT2D eigenvalue weighted by Crippen LogP contribution is -2.45. The summed E-state index contributed by atoms with van der Waals surface area (Å²) in [6.45, 7) is 0.847. The second-order valence-corrected chi connectivity index (χ2v) is 11.4. The Labute approximate surface area is 230 Å². The summed E-state index contributed by atoms with van der Waals surface area (Å²) in [4.78, 5) is 26.6. The van der Waals surface area contributed by atoms with E-state index >= 15 is 0 Å². The highest BCUT2D eigenvalue weighted by molar-refractivity contribution is 6.32. The molecule has 2 aliphatic heterocycles. The molecule has 12 heteroatoms. The van der Waals surface area contributed by atoms with Crippen molar-refractivity contribution < 1.29 is 13.5 Å². The van der Waals surface area contributed by atoms with Gasteiger partial charge >= 0.3 is 5.92 Å². The smallest absolute Gasteiger partial charge is 0.301 e. The number of nitrogens with one attached hydrogen (secondary N) is 2. The number of rotatable bonds is 5. The van der Waals surface area contributed by atoms with Crippen LogP contribution in [0.4, 0.5) is 31.9 Å². The summed E-state index contributed by atoms with van der Waals surface area (Å²) in [6.07, 6.45) is 5.19. The Bertz CT molecular complexity index is 1480. The molecule has 1 saturated carbocycles. The molecular weight excluding hydrogens is 528 g/mol. The molecule has 3 aromatic rings. The number of hydrogen-bond donors (Lipinski definition) is 2. The molecule has 1 aromatic carbocycles. The van der Waals surface area contributed by atoms with Crippen LogP contribution in [-0.4, -0.2) is 71.2 Å². The van der Waals surface area contributed by atoms with Crippen LogP contribution in [-0.2, 0) is 7.05 Å². The number of anilines is 4. The first-order chi connectivity index (χ1) is 18.6. The van der Waals surface area contributed by atoms with Gasteiger partial charge in [0.1, 0.15) is 5.02 Å². The molecule has 39 heavy (non-hydrogen) atoms. The van der Waals surface area contributed by atoms with Gasteiger partial charge in [0, 0.05) is 37.3 Å². The van der Waals surface area contributed by atoms with Gasteiger partial charge in [0.25, 0.3) is 5.56 Å². The summed E-state index contributed by atoms with van der Waals surface area (Å²) >= 11 is 6.48. The summed E-state index contributed by atoms with van der Waals surface area (Å²) < 4.78 is 36.8. The highest BCUT2D eigenvalue weighted by Gasteiger charge is 2.51. The number of ether oxygens (including phenoxy) is 1. The van der Waals surface area contributed by atoms with Crippen molar-refractivity contribution in [1.29, 1.82) is 0 Å². The minimum absolute atomic E-state index is 0.0899. The van der Waals surface area contributed by atoms with Crippen LogP contribution in [0.25, 0.3) is 10.9 Å². The van der Waals surface area contributed by atoms with Gasteiger partial charge in [-0.2, -0.15) is 4.98 Å². The fourth-order valence-corrected chi connectivity index (χ4v) is 5.72. The van der Waals surface area contributed by atoms with Crippen LogP contribution < -0.4 is 25.8 Å². The number of nitrogens with zero attached hydrogens (tertiary/aromatic N) is 5. The van der Waals surface area contributed by atoms with Crippen molar-refractivity contribution in [3.63, 3.8) is 0 Å². The van der Waals surface area contributed by atoms with Gasteiger partial charge in [-0.25, -0.2) is 13.8 Å². The van der Waals surface area contributed by atoms with Crippen LogP contribution in [0.15, 0.2) is 29.2 Å². The third-order valence-electron chi connectivity index (χ3n) is 8.01. The molecule has 0 amide bonds. The predicted octanol–water partition coefficient (Wildman–Crippen LogP) is 4.47. The Hall–Kier alpha value is -3.18. The summed E-state index contributed by atoms with van der Waals surface area (Å²) in [5, 5.41) is 7.23. The van der Waals surface area contributed by atoms with E-state index in [9.17, 15) is 13.6 Å². The van der Waals surface area contributed by atoms with Crippen LogP contribution in [0.1, 0.15) is 25.7 Å². The molecule has 3 aliphatic rings. The van der Waals surface area contributed by atoms with E-state index in [2.05, 4.69) is 39.5 Å². The molecule has 0 unspecified atom stereocenters. The van der Waals surface area contributed by atoms with Crippen LogP contribution >= 0.6 is 11.6 Å². The zero-order valence-electron chi connectivity index (χ0n) is 22.2. The standard InChI is InChI=1S/C27H32ClF2N7O2/c1-35(2)17-5-4-10-37(13-17)26-31-12-19(28)24(34-26)32-16-8-9-20-18(11-16)21-22(25(38)36(20)3)39-14-27(29,30)23(33-21)15-6-7-15/h8-9,11-12,15,17,23,33H,4-7,10,13-14H2,1-3H3,(H,31,32,34)/t17-,23+/m1/s1. The van der Waals surface area contributed by atoms with Gasteiger partial charge in [0.15, 0.2) is 12.4 Å². The first-order valence-corrected chi connectivity index (χ1v) is 13.6. The van der Waals surface area contributed by atoms with Crippen LogP contribution in [0.5, 0.6) is 5.75 Å². The maximum atomic E-state index is 14.9. The second kappa shape index (κ2) is 9.78. The lowest BCUT2D eigenvalue weighted by Gasteiger charge is -2.36. The molecule has 0 spiro atoms. The van der Waals surface area contributed by atoms with Gasteiger partial charge in [0.05, 0.1) is 23.4 Å². The van der Waals surface area contributed by atoms with Crippen molar-refractivity contribution in [2.45, 2.75) is 43.7 Å². The number of piperidine rings is 1. The van der Waals surface area contributed by atoms with E-state index in [-0.39, 0.29) is 11.7 Å². The normalized spacial score (nSPS) is 22.7. The van der Waals surface area contributed by atoms with E-state index in [1.54, 1.807) is 31.4 Å². The fourth-order valence-electron chi connectivity index (χ4n) is 5.58. The summed E-state index contributed by atoms with van der Waals surface area (Å²) in [5.41, 5.74) is 1.07. The van der Waals surface area contributed by atoms with Crippen molar-refractivity contribution in [2.24, 2.45) is 13.0 Å². The van der Waals surface area contributed by atoms with Crippen LogP contribution in [0.3, 0.4) is 0 Å². The maximum Gasteiger partial charge on any atom is 0.301 e. The topological polar surface area (TPSA) is 87.5 Å². The number of pyridine rings is 1. The van der Waals surface area contributed by atoms with E-state index in [4.69, 9.17) is 21.3 Å². The fraction of sp³-hybridized carbons (Fsp3) is 0.519. The van der Waals surface area contributed by atoms with Crippen LogP contribution in [0.2, 0.25) is 5.02 Å². The molecule has 6 rings (SSSR count). The van der Waals surface area contributed by atoms with E-state index in [0.29, 0.717) is 45.1 Å². The number of alkyl halides is 2. The van der Waals surface area contributed by atoms with Crippen LogP contribution in [0, 0.1) is 5.92 Å². The Morgan fingerprint density at radius 3 is 2.79 bits per heavy atom. The number of aromatic nitrogens is 3. The number of aryl methyl sites for hydroxylation is 1. The quantitative estimate of drug-likeness (QED) is 0.473. The molecular formula is C27H32ClF2N7O2. The van der Waals surface area contributed by atoms with E-state index in [0.717, 1.165) is 38.8 Å². The Morgan fingerprint density at radius 2 is 2.05 bits per heavy atom. The molecule has 1 saturated heterocycles. The monoisotopic (exact) mass is 559 g/mol. The van der Waals surface area contributed by atoms with Gasteiger partial charge < -0.3 is 29.7 Å². The molecule has 1 aliphatic carbocycles. The first-order valence-electron chi connectivity index (χ1n) is 13.3. The average Bonchev–Trinajstić information content (AvgIpc) is 3.76. The van der Waals surface area contributed by atoms with Crippen molar-refractivity contribution in [3.8, 4) is 5.75 Å². The number of likely N-dealkylation sites (N-methyl/N-ethyl adjacent to an activating group) is 1. The number of halogens is 3. The number of hydrogen-bond acceptors (Lipinski definition) is 8. The zero-order valence-corrected chi connectivity index (χ0v) is 22.9. The third-order valence-corrected chi connectivity index (χ3v) is 8.29. The van der Waals surface area contributed by atoms with E-state index < -0.39 is 24.1 Å². The van der Waals surface area contributed by atoms with Crippen molar-refractivity contribution >= 4 is 45.6 Å². The minimum Gasteiger partial charge on any atom is -0.480 e. The van der Waals surface area contributed by atoms with Gasteiger partial charge in [-0.15, -0.1) is 0 Å². The highest BCUT2D eigenvalue weighted by atomic mass is 35.5. The van der Waals surface area contributed by atoms with Gasteiger partial charge in [0.2, 0.25) is 11.7 Å². The minimum atomic E-state index is -3.10. The Kier molecular flexibility index (Phi) is 6.53. The molecule has 2 aromatic heterocycles. The molecule has 2 fully saturated rings. The van der Waals surface area contributed by atoms with Gasteiger partial charge in [-0.05, 0) is 63.9 Å². The zero-order chi connectivity index (χ0) is 27.5. The van der Waals surface area contributed by atoms with E-state index in [1.807, 2.05) is 0 Å². The molecule has 4 heterocycles. The largest absolute Gasteiger partial charge is 0.480 e. The van der Waals surface area contributed by atoms with Crippen molar-refractivity contribution in [1.82, 2.24) is 19.4 Å². The highest BCUT2D eigenvalue weighted by Crippen LogP contribution is 2.45. The number of benzene rings is 1. The van der Waals surface area contributed by atoms with Gasteiger partial charge in [-0.3, -0.25) is 4.79 Å². The first kappa shape index (κ1) is 26.1. The average molecular weight is 560 g/mol.